The Morgan fingerprint density at radius 3 is 2.70 bits per heavy atom. The number of nitriles is 1. The summed E-state index contributed by atoms with van der Waals surface area (Å²) in [6.45, 7) is 0. The number of carboxylic acids is 1. The molecule has 5 rings (SSSR count). The Kier molecular flexibility index (Phi) is 8.02. The number of aromatic nitrogens is 2. The number of Topliss-reactive ketones (excluding diaryl/α,β-unsaturated/α-hetero) is 1. The van der Waals surface area contributed by atoms with Crippen molar-refractivity contribution in [2.45, 2.75) is 29.5 Å². The second-order valence-corrected chi connectivity index (χ2v) is 12.0. The molecule has 40 heavy (non-hydrogen) atoms. The number of halogens is 1. The minimum atomic E-state index is -1.05. The summed E-state index contributed by atoms with van der Waals surface area (Å²) in [5, 5.41) is 30.8. The largest absolute Gasteiger partial charge is 0.478 e. The van der Waals surface area contributed by atoms with E-state index in [2.05, 4.69) is 37.5 Å². The fraction of sp³-hybridized carbons (Fsp3) is 0.185. The summed E-state index contributed by atoms with van der Waals surface area (Å²) in [6.07, 6.45) is 1.64. The second kappa shape index (κ2) is 11.6. The minimum absolute atomic E-state index is 0.0244. The molecule has 1 aromatic heterocycles. The van der Waals surface area contributed by atoms with Crippen LogP contribution < -0.4 is 16.0 Å². The van der Waals surface area contributed by atoms with Gasteiger partial charge in [0.05, 0.1) is 28.9 Å². The van der Waals surface area contributed by atoms with Crippen molar-refractivity contribution in [1.82, 2.24) is 10.2 Å². The van der Waals surface area contributed by atoms with Gasteiger partial charge < -0.3 is 16.2 Å². The van der Waals surface area contributed by atoms with Crippen LogP contribution in [0, 0.1) is 11.3 Å². The number of carboxylic acid groups (broad SMARTS) is 1. The molecule has 1 aliphatic carbocycles. The van der Waals surface area contributed by atoms with Crippen LogP contribution in [0.25, 0.3) is 0 Å². The number of anilines is 2. The molecule has 2 aliphatic rings. The topological polar surface area (TPSA) is 162 Å². The number of nitrogens with one attached hydrogen (secondary N) is 1. The molecule has 0 radical (unpaired) electrons. The molecule has 0 fully saturated rings. The smallest absolute Gasteiger partial charge is 0.335 e. The van der Waals surface area contributed by atoms with E-state index in [1.54, 1.807) is 4.90 Å². The zero-order valence-electron chi connectivity index (χ0n) is 20.8. The second-order valence-electron chi connectivity index (χ2n) is 8.94. The number of benzene rings is 2. The van der Waals surface area contributed by atoms with E-state index in [0.717, 1.165) is 10.0 Å². The molecule has 1 aliphatic heterocycles. The molecule has 2 heterocycles. The summed E-state index contributed by atoms with van der Waals surface area (Å²) in [5.74, 6) is -1.69. The average Bonchev–Trinajstić information content (AvgIpc) is 3.40. The van der Waals surface area contributed by atoms with Gasteiger partial charge in [0, 0.05) is 27.9 Å². The van der Waals surface area contributed by atoms with Crippen molar-refractivity contribution in [2.24, 2.45) is 5.73 Å². The zero-order valence-corrected chi connectivity index (χ0v) is 24.0. The van der Waals surface area contributed by atoms with Crippen LogP contribution >= 0.6 is 39.0 Å². The van der Waals surface area contributed by atoms with Gasteiger partial charge in [-0.1, -0.05) is 51.2 Å². The van der Waals surface area contributed by atoms with Crippen LogP contribution in [0.15, 0.2) is 80.0 Å². The van der Waals surface area contributed by atoms with E-state index in [9.17, 15) is 19.6 Å². The number of thioether (sulfide) groups is 1. The van der Waals surface area contributed by atoms with E-state index in [-0.39, 0.29) is 34.4 Å². The summed E-state index contributed by atoms with van der Waals surface area (Å²) in [7, 11) is 0. The minimum Gasteiger partial charge on any atom is -0.478 e. The maximum Gasteiger partial charge on any atom is 0.335 e. The first-order chi connectivity index (χ1) is 19.3. The number of amides is 1. The predicted octanol–water partition coefficient (Wildman–Crippen LogP) is 5.03. The molecule has 0 saturated heterocycles. The maximum atomic E-state index is 13.2. The zero-order chi connectivity index (χ0) is 28.4. The monoisotopic (exact) mass is 636 g/mol. The van der Waals surface area contributed by atoms with E-state index in [4.69, 9.17) is 10.8 Å². The van der Waals surface area contributed by atoms with Crippen LogP contribution in [0.4, 0.5) is 10.8 Å². The van der Waals surface area contributed by atoms with Gasteiger partial charge in [-0.25, -0.2) is 4.79 Å². The van der Waals surface area contributed by atoms with E-state index in [1.165, 1.54) is 47.4 Å². The number of nitrogens with zero attached hydrogens (tertiary/aromatic N) is 4. The van der Waals surface area contributed by atoms with Crippen LogP contribution in [0.3, 0.4) is 0 Å². The van der Waals surface area contributed by atoms with Crippen molar-refractivity contribution in [1.29, 1.82) is 5.26 Å². The molecule has 202 valence electrons. The number of allylic oxidation sites excluding steroid dienone is 3. The Labute approximate surface area is 245 Å². The molecule has 4 N–H and O–H groups in total. The highest BCUT2D eigenvalue weighted by Crippen LogP contribution is 2.47. The molecular weight excluding hydrogens is 616 g/mol. The number of hydrogen-bond acceptors (Lipinski definition) is 10. The lowest BCUT2D eigenvalue weighted by Crippen LogP contribution is -2.38. The van der Waals surface area contributed by atoms with Gasteiger partial charge >= 0.3 is 5.97 Å². The lowest BCUT2D eigenvalue weighted by atomic mass is 9.76. The van der Waals surface area contributed by atoms with Gasteiger partial charge in [-0.05, 0) is 54.8 Å². The predicted molar refractivity (Wildman–Crippen MR) is 155 cm³/mol. The van der Waals surface area contributed by atoms with Gasteiger partial charge in [0.1, 0.15) is 5.82 Å². The first-order valence-electron chi connectivity index (χ1n) is 12.1. The lowest BCUT2D eigenvalue weighted by molar-refractivity contribution is -0.116. The third-order valence-corrected chi connectivity index (χ3v) is 8.96. The molecular formula is C27H21BrN6O4S2. The van der Waals surface area contributed by atoms with Gasteiger partial charge in [-0.2, -0.15) is 5.26 Å². The van der Waals surface area contributed by atoms with Crippen molar-refractivity contribution in [3.63, 3.8) is 0 Å². The number of ketones is 1. The quantitative estimate of drug-likeness (QED) is 0.300. The van der Waals surface area contributed by atoms with E-state index in [0.29, 0.717) is 45.7 Å². The number of nitrogens with two attached hydrogens (primary N) is 1. The normalized spacial score (nSPS) is 16.9. The Hall–Kier alpha value is -3.99. The molecule has 1 atom stereocenters. The van der Waals surface area contributed by atoms with Gasteiger partial charge in [-0.15, -0.1) is 10.2 Å². The molecule has 10 nitrogen and oxygen atoms in total. The van der Waals surface area contributed by atoms with Gasteiger partial charge in [0.2, 0.25) is 11.0 Å². The summed E-state index contributed by atoms with van der Waals surface area (Å²) >= 11 is 5.87. The fourth-order valence-electron chi connectivity index (χ4n) is 4.70. The van der Waals surface area contributed by atoms with Gasteiger partial charge in [0.25, 0.3) is 0 Å². The molecule has 0 bridgehead atoms. The summed E-state index contributed by atoms with van der Waals surface area (Å²) in [6, 6.07) is 15.6. The number of carbonyl (C=O) groups excluding carboxylic acids is 2. The molecule has 0 spiro atoms. The van der Waals surface area contributed by atoms with Crippen molar-refractivity contribution in [2.75, 3.05) is 16.0 Å². The van der Waals surface area contributed by atoms with E-state index < -0.39 is 11.9 Å². The van der Waals surface area contributed by atoms with Crippen molar-refractivity contribution in [3.8, 4) is 6.07 Å². The van der Waals surface area contributed by atoms with E-state index in [1.807, 2.05) is 24.3 Å². The van der Waals surface area contributed by atoms with Crippen LogP contribution in [0.5, 0.6) is 0 Å². The highest BCUT2D eigenvalue weighted by Gasteiger charge is 2.41. The van der Waals surface area contributed by atoms with Crippen LogP contribution in [0.2, 0.25) is 0 Å². The Balaban J connectivity index is 1.38. The van der Waals surface area contributed by atoms with Crippen LogP contribution in [0.1, 0.15) is 41.1 Å². The maximum absolute atomic E-state index is 13.2. The first-order valence-corrected chi connectivity index (χ1v) is 14.7. The number of rotatable bonds is 7. The molecule has 3 aromatic rings. The van der Waals surface area contributed by atoms with Gasteiger partial charge in [-0.3, -0.25) is 14.5 Å². The Morgan fingerprint density at radius 2 is 2.00 bits per heavy atom. The van der Waals surface area contributed by atoms with Crippen molar-refractivity contribution in [3.05, 3.63) is 86.8 Å². The molecule has 2 aromatic carbocycles. The van der Waals surface area contributed by atoms with Gasteiger partial charge in [0.15, 0.2) is 10.1 Å². The molecule has 0 saturated carbocycles. The Morgan fingerprint density at radius 1 is 1.23 bits per heavy atom. The summed E-state index contributed by atoms with van der Waals surface area (Å²) < 4.78 is 1.34. The highest BCUT2D eigenvalue weighted by atomic mass is 79.9. The standard InChI is InChI=1S/C27H21BrN6O4S2/c28-16-4-1-3-15(11-16)22-18(12-29)24(30)34(19-5-2-6-20(35)23(19)22)26-32-33-27(40-26)39-13-21(36)31-17-9-7-14(8-10-17)25(37)38/h1,3-4,7-11,22H,2,5-6,13,30H2,(H,31,36)(H,37,38). The summed E-state index contributed by atoms with van der Waals surface area (Å²) in [4.78, 5) is 38.4. The lowest BCUT2D eigenvalue weighted by Gasteiger charge is -2.38. The van der Waals surface area contributed by atoms with E-state index >= 15 is 0 Å². The van der Waals surface area contributed by atoms with Crippen molar-refractivity contribution >= 4 is 67.5 Å². The fourth-order valence-corrected chi connectivity index (χ4v) is 6.79. The number of carbonyl (C=O) groups is 3. The van der Waals surface area contributed by atoms with Crippen molar-refractivity contribution < 1.29 is 19.5 Å². The molecule has 1 amide bonds. The molecule has 1 unspecified atom stereocenters. The summed E-state index contributed by atoms with van der Waals surface area (Å²) in [5.41, 5.74) is 9.52. The SMILES string of the molecule is N#CC1=C(N)N(c2nnc(SCC(=O)Nc3ccc(C(=O)O)cc3)s2)C2=C(C(=O)CCC2)C1c1cccc(Br)c1. The first kappa shape index (κ1) is 27.6. The van der Waals surface area contributed by atoms with Crippen LogP contribution in [-0.4, -0.2) is 38.7 Å². The van der Waals surface area contributed by atoms with Crippen LogP contribution in [-0.2, 0) is 9.59 Å². The Bertz CT molecular complexity index is 1630. The highest BCUT2D eigenvalue weighted by molar-refractivity contribution is 9.10. The third-order valence-electron chi connectivity index (χ3n) is 6.42. The average molecular weight is 638 g/mol. The number of hydrogen-bond donors (Lipinski definition) is 3. The molecule has 13 heteroatoms. The third kappa shape index (κ3) is 5.51. The number of aromatic carboxylic acids is 1.